The van der Waals surface area contributed by atoms with Crippen LogP contribution in [0, 0.1) is 5.41 Å². The fourth-order valence-electron chi connectivity index (χ4n) is 1.57. The second-order valence-electron chi connectivity index (χ2n) is 5.87. The van der Waals surface area contributed by atoms with E-state index in [-0.39, 0.29) is 17.3 Å². The second kappa shape index (κ2) is 5.80. The van der Waals surface area contributed by atoms with Gasteiger partial charge >= 0.3 is 0 Å². The average Bonchev–Trinajstić information content (AvgIpc) is 2.64. The number of rotatable bonds is 5. The van der Waals surface area contributed by atoms with E-state index in [1.807, 2.05) is 7.05 Å². The Morgan fingerprint density at radius 3 is 2.61 bits per heavy atom. The smallest absolute Gasteiger partial charge is 0.107 e. The van der Waals surface area contributed by atoms with Crippen molar-refractivity contribution >= 4 is 17.2 Å². The normalized spacial score (nSPS) is 13.9. The SMILES string of the molecule is CC(CC(=N)N)N(C)Cc1nc(C(C)(C)C)cs1. The molecule has 102 valence electrons. The van der Waals surface area contributed by atoms with E-state index in [1.54, 1.807) is 11.3 Å². The van der Waals surface area contributed by atoms with Gasteiger partial charge in [0, 0.05) is 23.3 Å². The highest BCUT2D eigenvalue weighted by atomic mass is 32.1. The first kappa shape index (κ1) is 15.1. The van der Waals surface area contributed by atoms with Crippen LogP contribution in [-0.2, 0) is 12.0 Å². The van der Waals surface area contributed by atoms with E-state index in [4.69, 9.17) is 11.1 Å². The van der Waals surface area contributed by atoms with Gasteiger partial charge in [0.15, 0.2) is 0 Å². The van der Waals surface area contributed by atoms with Crippen molar-refractivity contribution in [2.75, 3.05) is 7.05 Å². The third-order valence-corrected chi connectivity index (χ3v) is 3.81. The predicted octanol–water partition coefficient (Wildman–Crippen LogP) is 2.59. The molecule has 1 aromatic rings. The number of thiazole rings is 1. The molecule has 4 nitrogen and oxygen atoms in total. The molecular formula is C13H24N4S. The first-order valence-electron chi connectivity index (χ1n) is 6.18. The van der Waals surface area contributed by atoms with E-state index in [9.17, 15) is 0 Å². The van der Waals surface area contributed by atoms with Gasteiger partial charge in [0.05, 0.1) is 18.1 Å². The van der Waals surface area contributed by atoms with Gasteiger partial charge in [-0.2, -0.15) is 0 Å². The molecule has 1 heterocycles. The van der Waals surface area contributed by atoms with Crippen molar-refractivity contribution in [2.24, 2.45) is 5.73 Å². The van der Waals surface area contributed by atoms with Crippen molar-refractivity contribution in [3.63, 3.8) is 0 Å². The fraction of sp³-hybridized carbons (Fsp3) is 0.692. The highest BCUT2D eigenvalue weighted by molar-refractivity contribution is 7.09. The van der Waals surface area contributed by atoms with Gasteiger partial charge in [-0.25, -0.2) is 4.98 Å². The summed E-state index contributed by atoms with van der Waals surface area (Å²) in [6, 6.07) is 0.268. The Kier molecular flexibility index (Phi) is 4.87. The molecule has 5 heteroatoms. The van der Waals surface area contributed by atoms with Crippen LogP contribution >= 0.6 is 11.3 Å². The van der Waals surface area contributed by atoms with E-state index in [0.29, 0.717) is 6.42 Å². The lowest BCUT2D eigenvalue weighted by Gasteiger charge is -2.23. The Labute approximate surface area is 114 Å². The van der Waals surface area contributed by atoms with Gasteiger partial charge in [0.25, 0.3) is 0 Å². The van der Waals surface area contributed by atoms with Crippen LogP contribution < -0.4 is 5.73 Å². The maximum atomic E-state index is 7.32. The summed E-state index contributed by atoms with van der Waals surface area (Å²) in [6.07, 6.45) is 0.605. The molecule has 0 spiro atoms. The summed E-state index contributed by atoms with van der Waals surface area (Å²) < 4.78 is 0. The summed E-state index contributed by atoms with van der Waals surface area (Å²) in [5.74, 6) is 0.240. The number of amidine groups is 1. The topological polar surface area (TPSA) is 66.0 Å². The maximum absolute atomic E-state index is 7.32. The molecule has 18 heavy (non-hydrogen) atoms. The summed E-state index contributed by atoms with van der Waals surface area (Å²) >= 11 is 1.70. The monoisotopic (exact) mass is 268 g/mol. The number of nitrogens with one attached hydrogen (secondary N) is 1. The highest BCUT2D eigenvalue weighted by Gasteiger charge is 2.18. The van der Waals surface area contributed by atoms with Crippen molar-refractivity contribution in [1.82, 2.24) is 9.88 Å². The lowest BCUT2D eigenvalue weighted by atomic mass is 9.93. The molecule has 0 fully saturated rings. The van der Waals surface area contributed by atoms with E-state index in [1.165, 1.54) is 0 Å². The molecule has 1 rings (SSSR count). The minimum Gasteiger partial charge on any atom is -0.388 e. The van der Waals surface area contributed by atoms with Gasteiger partial charge < -0.3 is 5.73 Å². The van der Waals surface area contributed by atoms with E-state index in [2.05, 4.69) is 43.0 Å². The maximum Gasteiger partial charge on any atom is 0.107 e. The first-order chi connectivity index (χ1) is 8.20. The van der Waals surface area contributed by atoms with Crippen molar-refractivity contribution in [3.05, 3.63) is 16.1 Å². The quantitative estimate of drug-likeness (QED) is 0.637. The molecule has 1 aromatic heterocycles. The highest BCUT2D eigenvalue weighted by Crippen LogP contribution is 2.24. The van der Waals surface area contributed by atoms with Crippen LogP contribution in [-0.4, -0.2) is 28.8 Å². The molecular weight excluding hydrogens is 244 g/mol. The molecule has 0 aromatic carbocycles. The number of nitrogens with zero attached hydrogens (tertiary/aromatic N) is 2. The molecule has 0 radical (unpaired) electrons. The van der Waals surface area contributed by atoms with Crippen LogP contribution in [0.5, 0.6) is 0 Å². The molecule has 1 unspecified atom stereocenters. The average molecular weight is 268 g/mol. The zero-order chi connectivity index (χ0) is 13.9. The lowest BCUT2D eigenvalue weighted by molar-refractivity contribution is 0.254. The summed E-state index contributed by atoms with van der Waals surface area (Å²) in [5, 5.41) is 10.6. The molecule has 1 atom stereocenters. The van der Waals surface area contributed by atoms with Gasteiger partial charge in [0.1, 0.15) is 5.01 Å². The van der Waals surface area contributed by atoms with E-state index < -0.39 is 0 Å². The third-order valence-electron chi connectivity index (χ3n) is 2.97. The molecule has 0 saturated heterocycles. The van der Waals surface area contributed by atoms with Gasteiger partial charge in [0.2, 0.25) is 0 Å². The van der Waals surface area contributed by atoms with Crippen LogP contribution in [0.2, 0.25) is 0 Å². The van der Waals surface area contributed by atoms with Crippen LogP contribution in [0.3, 0.4) is 0 Å². The largest absolute Gasteiger partial charge is 0.388 e. The van der Waals surface area contributed by atoms with Crippen LogP contribution in [0.1, 0.15) is 44.8 Å². The number of hydrogen-bond acceptors (Lipinski definition) is 4. The van der Waals surface area contributed by atoms with Gasteiger partial charge in [-0.1, -0.05) is 20.8 Å². The molecule has 0 saturated carbocycles. The van der Waals surface area contributed by atoms with Crippen molar-refractivity contribution in [1.29, 1.82) is 5.41 Å². The first-order valence-corrected chi connectivity index (χ1v) is 7.06. The van der Waals surface area contributed by atoms with Crippen LogP contribution in [0.15, 0.2) is 5.38 Å². The van der Waals surface area contributed by atoms with Gasteiger partial charge in [-0.15, -0.1) is 11.3 Å². The Bertz CT molecular complexity index is 405. The van der Waals surface area contributed by atoms with E-state index >= 15 is 0 Å². The lowest BCUT2D eigenvalue weighted by Crippen LogP contribution is -2.32. The standard InChI is InChI=1S/C13H24N4S/c1-9(6-11(14)15)17(5)7-12-16-10(8-18-12)13(2,3)4/h8-9H,6-7H2,1-5H3,(H3,14,15). The van der Waals surface area contributed by atoms with Crippen LogP contribution in [0.25, 0.3) is 0 Å². The van der Waals surface area contributed by atoms with Gasteiger partial charge in [-0.05, 0) is 14.0 Å². The summed E-state index contributed by atoms with van der Waals surface area (Å²) in [6.45, 7) is 9.42. The zero-order valence-corrected chi connectivity index (χ0v) is 12.8. The number of nitrogens with two attached hydrogens (primary N) is 1. The third kappa shape index (κ3) is 4.38. The molecule has 0 amide bonds. The Hall–Kier alpha value is -0.940. The van der Waals surface area contributed by atoms with Gasteiger partial charge in [-0.3, -0.25) is 10.3 Å². The minimum atomic E-state index is 0.109. The number of aromatic nitrogens is 1. The molecule has 0 aliphatic heterocycles. The summed E-state index contributed by atoms with van der Waals surface area (Å²) in [7, 11) is 2.05. The molecule has 3 N–H and O–H groups in total. The molecule has 0 aliphatic carbocycles. The Morgan fingerprint density at radius 1 is 1.56 bits per heavy atom. The molecule has 0 bridgehead atoms. The summed E-state index contributed by atoms with van der Waals surface area (Å²) in [4.78, 5) is 6.86. The Morgan fingerprint density at radius 2 is 2.17 bits per heavy atom. The van der Waals surface area contributed by atoms with Crippen molar-refractivity contribution in [2.45, 2.75) is 52.1 Å². The van der Waals surface area contributed by atoms with Crippen molar-refractivity contribution < 1.29 is 0 Å². The predicted molar refractivity (Wildman–Crippen MR) is 78.3 cm³/mol. The number of hydrogen-bond donors (Lipinski definition) is 2. The summed E-state index contributed by atoms with van der Waals surface area (Å²) in [5.41, 5.74) is 6.69. The fourth-order valence-corrected chi connectivity index (χ4v) is 2.65. The zero-order valence-electron chi connectivity index (χ0n) is 11.9. The van der Waals surface area contributed by atoms with E-state index in [0.717, 1.165) is 17.2 Å². The van der Waals surface area contributed by atoms with Crippen LogP contribution in [0.4, 0.5) is 0 Å². The van der Waals surface area contributed by atoms with Crippen molar-refractivity contribution in [3.8, 4) is 0 Å². The minimum absolute atomic E-state index is 0.109. The Balaban J connectivity index is 2.62. The second-order valence-corrected chi connectivity index (χ2v) is 6.81. The molecule has 0 aliphatic rings.